The van der Waals surface area contributed by atoms with Gasteiger partial charge in [0.2, 0.25) is 5.91 Å². The first kappa shape index (κ1) is 8.79. The van der Waals surface area contributed by atoms with Gasteiger partial charge in [0.05, 0.1) is 5.41 Å². The van der Waals surface area contributed by atoms with Crippen molar-refractivity contribution in [2.75, 3.05) is 19.5 Å². The third-order valence-electron chi connectivity index (χ3n) is 1.82. The number of carbonyl (C=O) groups excluding carboxylic acids is 1. The Morgan fingerprint density at radius 2 is 2.09 bits per heavy atom. The van der Waals surface area contributed by atoms with Gasteiger partial charge in [-0.05, 0) is 26.5 Å². The first-order valence-corrected chi connectivity index (χ1v) is 6.51. The summed E-state index contributed by atoms with van der Waals surface area (Å²) in [4.78, 5) is 15.4. The van der Waals surface area contributed by atoms with Gasteiger partial charge in [0, 0.05) is 0 Å². The van der Waals surface area contributed by atoms with Crippen LogP contribution in [0.15, 0.2) is 4.85 Å². The fraction of sp³-hybridized carbons (Fsp3) is 0.857. The van der Waals surface area contributed by atoms with Crippen molar-refractivity contribution < 1.29 is 4.79 Å². The van der Waals surface area contributed by atoms with Crippen LogP contribution >= 0.6 is 7.05 Å². The molecule has 1 rings (SSSR count). The van der Waals surface area contributed by atoms with Crippen LogP contribution in [0.5, 0.6) is 0 Å². The highest BCUT2D eigenvalue weighted by molar-refractivity contribution is 7.64. The molecule has 0 unspecified atom stereocenters. The first-order chi connectivity index (χ1) is 4.83. The second kappa shape index (κ2) is 2.34. The summed E-state index contributed by atoms with van der Waals surface area (Å²) in [5.41, 5.74) is 2.37. The normalized spacial score (nSPS) is 27.1. The van der Waals surface area contributed by atoms with Crippen molar-refractivity contribution in [1.82, 2.24) is 5.43 Å². The lowest BCUT2D eigenvalue weighted by Crippen LogP contribution is -2.39. The SMILES string of the molecule is CC1(C)CP(C)(C)=NNC1=O. The molecule has 1 amide bonds. The number of nitrogens with zero attached hydrogens (tertiary/aromatic N) is 1. The van der Waals surface area contributed by atoms with Gasteiger partial charge in [0.1, 0.15) is 0 Å². The molecule has 0 aliphatic carbocycles. The number of hydrogen-bond donors (Lipinski definition) is 1. The topological polar surface area (TPSA) is 41.5 Å². The van der Waals surface area contributed by atoms with Crippen LogP contribution in [0.2, 0.25) is 0 Å². The molecule has 0 spiro atoms. The van der Waals surface area contributed by atoms with Crippen molar-refractivity contribution in [3.05, 3.63) is 0 Å². The summed E-state index contributed by atoms with van der Waals surface area (Å²) in [5.74, 6) is 0.0526. The Kier molecular flexibility index (Phi) is 1.87. The quantitative estimate of drug-likeness (QED) is 0.556. The molecule has 0 fully saturated rings. The molecular formula is C7H15N2OP. The molecule has 0 saturated heterocycles. The van der Waals surface area contributed by atoms with Gasteiger partial charge in [-0.3, -0.25) is 4.79 Å². The van der Waals surface area contributed by atoms with Crippen LogP contribution < -0.4 is 5.43 Å². The van der Waals surface area contributed by atoms with Gasteiger partial charge in [0.15, 0.2) is 0 Å². The van der Waals surface area contributed by atoms with Crippen LogP contribution in [-0.4, -0.2) is 25.4 Å². The molecule has 64 valence electrons. The molecule has 1 heterocycles. The maximum atomic E-state index is 11.2. The van der Waals surface area contributed by atoms with Gasteiger partial charge in [0.25, 0.3) is 0 Å². The standard InChI is InChI=1S/C7H15N2OP/c1-7(2)5-11(3,4)9-8-6(7)10/h5H2,1-4H3,(H,8,10). The zero-order chi connectivity index (χ0) is 8.70. The third kappa shape index (κ3) is 1.84. The minimum atomic E-state index is -1.20. The maximum absolute atomic E-state index is 11.2. The van der Waals surface area contributed by atoms with Gasteiger partial charge in [-0.15, -0.1) is 0 Å². The molecule has 1 N–H and O–H groups in total. The van der Waals surface area contributed by atoms with E-state index in [9.17, 15) is 4.79 Å². The number of carbonyl (C=O) groups is 1. The molecule has 0 atom stereocenters. The predicted molar refractivity (Wildman–Crippen MR) is 48.0 cm³/mol. The van der Waals surface area contributed by atoms with Crippen LogP contribution in [0.4, 0.5) is 0 Å². The lowest BCUT2D eigenvalue weighted by Gasteiger charge is -2.31. The molecule has 3 nitrogen and oxygen atoms in total. The monoisotopic (exact) mass is 174 g/mol. The Morgan fingerprint density at radius 3 is 2.45 bits per heavy atom. The molecule has 1 aliphatic rings. The minimum Gasteiger partial charge on any atom is -0.273 e. The molecule has 0 radical (unpaired) electrons. The smallest absolute Gasteiger partial charge is 0.246 e. The van der Waals surface area contributed by atoms with Crippen LogP contribution in [0.3, 0.4) is 0 Å². The van der Waals surface area contributed by atoms with Gasteiger partial charge in [-0.25, -0.2) is 5.43 Å². The number of rotatable bonds is 0. The summed E-state index contributed by atoms with van der Waals surface area (Å²) >= 11 is 0. The zero-order valence-corrected chi connectivity index (χ0v) is 8.40. The average Bonchev–Trinajstić information content (AvgIpc) is 1.77. The van der Waals surface area contributed by atoms with Gasteiger partial charge in [-0.2, -0.15) is 4.85 Å². The van der Waals surface area contributed by atoms with Crippen molar-refractivity contribution in [2.45, 2.75) is 13.8 Å². The lowest BCUT2D eigenvalue weighted by molar-refractivity contribution is -0.128. The molecule has 1 aliphatic heterocycles. The van der Waals surface area contributed by atoms with E-state index < -0.39 is 7.05 Å². The molecule has 4 heteroatoms. The summed E-state index contributed by atoms with van der Waals surface area (Å²) in [6.07, 6.45) is 0.922. The average molecular weight is 174 g/mol. The van der Waals surface area contributed by atoms with Crippen molar-refractivity contribution in [3.63, 3.8) is 0 Å². The van der Waals surface area contributed by atoms with Gasteiger partial charge in [-0.1, -0.05) is 13.8 Å². The fourth-order valence-electron chi connectivity index (χ4n) is 1.41. The second-order valence-electron chi connectivity index (χ2n) is 4.20. The van der Waals surface area contributed by atoms with Crippen molar-refractivity contribution >= 4 is 13.0 Å². The molecule has 0 saturated carbocycles. The van der Waals surface area contributed by atoms with E-state index in [0.29, 0.717) is 0 Å². The van der Waals surface area contributed by atoms with Crippen molar-refractivity contribution in [3.8, 4) is 0 Å². The van der Waals surface area contributed by atoms with E-state index in [2.05, 4.69) is 23.6 Å². The van der Waals surface area contributed by atoms with Crippen LogP contribution in [0.25, 0.3) is 0 Å². The third-order valence-corrected chi connectivity index (χ3v) is 4.03. The molecule has 0 bridgehead atoms. The largest absolute Gasteiger partial charge is 0.273 e. The maximum Gasteiger partial charge on any atom is 0.246 e. The van der Waals surface area contributed by atoms with Crippen LogP contribution in [-0.2, 0) is 4.79 Å². The van der Waals surface area contributed by atoms with E-state index in [1.807, 2.05) is 13.8 Å². The van der Waals surface area contributed by atoms with E-state index in [1.165, 1.54) is 0 Å². The van der Waals surface area contributed by atoms with Gasteiger partial charge >= 0.3 is 0 Å². The summed E-state index contributed by atoms with van der Waals surface area (Å²) in [5, 5.41) is 0. The highest BCUT2D eigenvalue weighted by Crippen LogP contribution is 2.48. The second-order valence-corrected chi connectivity index (χ2v) is 7.96. The Bertz CT molecular complexity index is 239. The number of hydrogen-bond acceptors (Lipinski definition) is 2. The Balaban J connectivity index is 2.95. The van der Waals surface area contributed by atoms with E-state index >= 15 is 0 Å². The predicted octanol–water partition coefficient (Wildman–Crippen LogP) is 1.52. The molecule has 0 aromatic carbocycles. The molecule has 11 heavy (non-hydrogen) atoms. The van der Waals surface area contributed by atoms with Gasteiger partial charge < -0.3 is 0 Å². The van der Waals surface area contributed by atoms with E-state index in [1.54, 1.807) is 0 Å². The Hall–Kier alpha value is -0.300. The van der Waals surface area contributed by atoms with E-state index in [-0.39, 0.29) is 11.3 Å². The van der Waals surface area contributed by atoms with E-state index in [0.717, 1.165) is 6.16 Å². The fourth-order valence-corrected chi connectivity index (χ4v) is 3.92. The zero-order valence-electron chi connectivity index (χ0n) is 7.51. The minimum absolute atomic E-state index is 0.0526. The summed E-state index contributed by atoms with van der Waals surface area (Å²) in [6, 6.07) is 0. The van der Waals surface area contributed by atoms with E-state index in [4.69, 9.17) is 0 Å². The molecule has 0 aromatic rings. The number of nitrogens with one attached hydrogen (secondary N) is 1. The summed E-state index contributed by atoms with van der Waals surface area (Å²) in [6.45, 7) is 8.21. The molecular weight excluding hydrogens is 159 g/mol. The van der Waals surface area contributed by atoms with Crippen molar-refractivity contribution in [1.29, 1.82) is 0 Å². The Morgan fingerprint density at radius 1 is 1.55 bits per heavy atom. The van der Waals surface area contributed by atoms with Crippen LogP contribution in [0.1, 0.15) is 13.8 Å². The summed E-state index contributed by atoms with van der Waals surface area (Å²) < 4.78 is 0. The highest BCUT2D eigenvalue weighted by atomic mass is 31.2. The molecule has 0 aromatic heterocycles. The summed E-state index contributed by atoms with van der Waals surface area (Å²) in [7, 11) is -1.20. The Labute approximate surface area is 67.6 Å². The first-order valence-electron chi connectivity index (χ1n) is 3.69. The lowest BCUT2D eigenvalue weighted by atomic mass is 9.96. The van der Waals surface area contributed by atoms with Crippen molar-refractivity contribution in [2.24, 2.45) is 10.3 Å². The highest BCUT2D eigenvalue weighted by Gasteiger charge is 2.34. The van der Waals surface area contributed by atoms with Crippen LogP contribution in [0, 0.1) is 5.41 Å². The number of amides is 1.